The molecule has 0 atom stereocenters. The third-order valence-corrected chi connectivity index (χ3v) is 23.7. The van der Waals surface area contributed by atoms with E-state index in [0.717, 1.165) is 12.8 Å². The van der Waals surface area contributed by atoms with Gasteiger partial charge in [-0.05, 0) is 132 Å². The van der Waals surface area contributed by atoms with Gasteiger partial charge in [0.2, 0.25) is 0 Å². The van der Waals surface area contributed by atoms with Crippen molar-refractivity contribution in [2.75, 3.05) is 6.61 Å². The Kier molecular flexibility index (Phi) is 27.9. The van der Waals surface area contributed by atoms with Crippen molar-refractivity contribution >= 4 is 72.8 Å². The Morgan fingerprint density at radius 2 is 0.525 bits per heavy atom. The van der Waals surface area contributed by atoms with Crippen molar-refractivity contribution in [3.8, 4) is 0 Å². The molecule has 2 saturated carbocycles. The van der Waals surface area contributed by atoms with Crippen molar-refractivity contribution in [2.24, 2.45) is 0 Å². The minimum absolute atomic E-state index is 0. The van der Waals surface area contributed by atoms with Crippen molar-refractivity contribution in [1.82, 2.24) is 0 Å². The van der Waals surface area contributed by atoms with E-state index in [1.807, 2.05) is 0 Å². The maximum Gasteiger partial charge on any atom is 2.00 e. The van der Waals surface area contributed by atoms with Crippen LogP contribution in [0.15, 0.2) is 182 Å². The molecule has 0 amide bonds. The first-order valence-corrected chi connectivity index (χ1v) is 31.4. The molecular formula is C64H65BF10OP3Pt+3. The SMILES string of the molecule is CC[O-].Fc1c(F)c(F)c(B(c2c(F)c(F)c(F)c(F)c2F)[PH+](C2CCCCC2)C2CCCCC2)c(F)c1F.[CH2-]C.[Pt+2].c1ccc([PH+](c2ccccc2)c2ccccc2)cc1.c1ccc([PH+](c2ccccc2)c2ccccc2)cc1. The molecule has 2 aliphatic rings. The summed E-state index contributed by atoms with van der Waals surface area (Å²) in [4.78, 5) is 0. The van der Waals surface area contributed by atoms with E-state index in [1.165, 1.54) is 31.8 Å². The van der Waals surface area contributed by atoms with Crippen molar-refractivity contribution in [1.29, 1.82) is 0 Å². The molecule has 10 rings (SSSR count). The zero-order valence-electron chi connectivity index (χ0n) is 44.5. The summed E-state index contributed by atoms with van der Waals surface area (Å²) < 4.78 is 146. The van der Waals surface area contributed by atoms with Crippen LogP contribution in [-0.4, -0.2) is 24.4 Å². The van der Waals surface area contributed by atoms with E-state index in [4.69, 9.17) is 5.11 Å². The van der Waals surface area contributed by atoms with Crippen LogP contribution in [0.5, 0.6) is 0 Å². The molecule has 1 nitrogen and oxygen atoms in total. The summed E-state index contributed by atoms with van der Waals surface area (Å²) in [6.45, 7) is 6.57. The predicted octanol–water partition coefficient (Wildman–Crippen LogP) is 13.6. The Bertz CT molecular complexity index is 2620. The van der Waals surface area contributed by atoms with E-state index < -0.39 is 99.2 Å². The third kappa shape index (κ3) is 16.6. The Labute approximate surface area is 483 Å². The normalized spacial score (nSPS) is 13.3. The van der Waals surface area contributed by atoms with Crippen LogP contribution in [0.1, 0.15) is 78.1 Å². The van der Waals surface area contributed by atoms with Crippen molar-refractivity contribution in [3.05, 3.63) is 247 Å². The first-order chi connectivity index (χ1) is 38.4. The smallest absolute Gasteiger partial charge is 0.855 e. The molecule has 0 unspecified atom stereocenters. The van der Waals surface area contributed by atoms with Crippen molar-refractivity contribution < 1.29 is 70.1 Å². The van der Waals surface area contributed by atoms with Gasteiger partial charge < -0.3 is 12.0 Å². The van der Waals surface area contributed by atoms with Crippen LogP contribution in [0.4, 0.5) is 43.9 Å². The minimum Gasteiger partial charge on any atom is -0.855 e. The van der Waals surface area contributed by atoms with E-state index in [-0.39, 0.29) is 39.0 Å². The largest absolute Gasteiger partial charge is 2.00 e. The maximum absolute atomic E-state index is 15.2. The molecule has 0 radical (unpaired) electrons. The van der Waals surface area contributed by atoms with Crippen LogP contribution in [0, 0.1) is 65.1 Å². The fraction of sp³-hybridized carbons (Fsp3) is 0.234. The summed E-state index contributed by atoms with van der Waals surface area (Å²) >= 11 is 0. The van der Waals surface area contributed by atoms with Crippen LogP contribution >= 0.6 is 23.6 Å². The Morgan fingerprint density at radius 1 is 0.350 bits per heavy atom. The van der Waals surface area contributed by atoms with Gasteiger partial charge in [0, 0.05) is 10.9 Å². The average molecular weight is 1340 g/mol. The predicted molar refractivity (Wildman–Crippen MR) is 314 cm³/mol. The summed E-state index contributed by atoms with van der Waals surface area (Å²) in [5.74, 6) is -23.5. The van der Waals surface area contributed by atoms with Gasteiger partial charge in [-0.1, -0.05) is 129 Å². The number of benzene rings is 8. The zero-order valence-corrected chi connectivity index (χ0v) is 49.8. The molecule has 422 valence electrons. The van der Waals surface area contributed by atoms with Gasteiger partial charge in [-0.2, -0.15) is 6.92 Å². The molecular weight excluding hydrogens is 1270 g/mol. The summed E-state index contributed by atoms with van der Waals surface area (Å²) in [5.41, 5.74) is -3.78. The number of hydrogen-bond donors (Lipinski definition) is 0. The van der Waals surface area contributed by atoms with Gasteiger partial charge in [-0.15, -0.1) is 6.61 Å². The summed E-state index contributed by atoms with van der Waals surface area (Å²) in [5, 5.41) is 17.5. The average Bonchev–Trinajstić information content (AvgIpc) is 3.61. The monoisotopic (exact) mass is 1340 g/mol. The number of rotatable bonds is 11. The third-order valence-electron chi connectivity index (χ3n) is 13.9. The molecule has 16 heteroatoms. The summed E-state index contributed by atoms with van der Waals surface area (Å²) in [7, 11) is -4.29. The molecule has 8 aromatic carbocycles. The molecule has 0 aromatic heterocycles. The van der Waals surface area contributed by atoms with Crippen LogP contribution in [0.3, 0.4) is 0 Å². The molecule has 0 N–H and O–H groups in total. The van der Waals surface area contributed by atoms with E-state index in [9.17, 15) is 26.3 Å². The second kappa shape index (κ2) is 33.9. The van der Waals surface area contributed by atoms with Gasteiger partial charge in [0.25, 0.3) is 0 Å². The molecule has 0 saturated heterocycles. The fourth-order valence-electron chi connectivity index (χ4n) is 10.5. The standard InChI is InChI=1S/C24H22BF10P.2C18H15P.C2H5O.C2H5.Pt/c26-15-13(16(27)20(31)23(34)19(15)30)25(14-17(28)21(32)24(35)22(33)18(14)29)36(11-7-3-1-4-8-11)12-9-5-2-6-10-12;2*1-4-10-16(11-5-1)19(17-12-6-2-7-13-17)18-14-8-3-9-15-18;1-2-3;1-2;/h11-12H,1-10H2;2*1-15H;2H2,1H3;1H2,2H3;/q;;;2*-1;+2/p+3. The van der Waals surface area contributed by atoms with Gasteiger partial charge in [0.05, 0.1) is 27.2 Å². The van der Waals surface area contributed by atoms with Gasteiger partial charge in [-0.25, -0.2) is 43.9 Å². The molecule has 0 aliphatic heterocycles. The van der Waals surface area contributed by atoms with Crippen molar-refractivity contribution in [3.63, 3.8) is 0 Å². The molecule has 0 spiro atoms. The van der Waals surface area contributed by atoms with Crippen LogP contribution in [0.25, 0.3) is 0 Å². The molecule has 2 aliphatic carbocycles. The van der Waals surface area contributed by atoms with Gasteiger partial charge in [0.1, 0.15) is 31.8 Å². The Morgan fingerprint density at radius 3 is 0.713 bits per heavy atom. The van der Waals surface area contributed by atoms with Crippen LogP contribution in [-0.2, 0) is 21.1 Å². The molecule has 2 fully saturated rings. The van der Waals surface area contributed by atoms with Crippen molar-refractivity contribution in [2.45, 2.75) is 89.4 Å². The van der Waals surface area contributed by atoms with E-state index >= 15 is 17.6 Å². The number of hydrogen-bond acceptors (Lipinski definition) is 1. The van der Waals surface area contributed by atoms with E-state index in [1.54, 1.807) is 13.8 Å². The summed E-state index contributed by atoms with van der Waals surface area (Å²) in [6.07, 6.45) is 4.09. The molecule has 0 bridgehead atoms. The van der Waals surface area contributed by atoms with Crippen LogP contribution in [0.2, 0.25) is 0 Å². The first-order valence-electron chi connectivity index (χ1n) is 26.6. The van der Waals surface area contributed by atoms with Crippen LogP contribution < -0.4 is 47.9 Å². The second-order valence-electron chi connectivity index (χ2n) is 18.8. The van der Waals surface area contributed by atoms with E-state index in [2.05, 4.69) is 189 Å². The molecule has 80 heavy (non-hydrogen) atoms. The van der Waals surface area contributed by atoms with Gasteiger partial charge in [-0.3, -0.25) is 0 Å². The Hall–Kier alpha value is -4.94. The maximum atomic E-state index is 15.2. The second-order valence-corrected chi connectivity index (χ2v) is 27.0. The summed E-state index contributed by atoms with van der Waals surface area (Å²) in [6, 6.07) is 65.0. The van der Waals surface area contributed by atoms with Gasteiger partial charge >= 0.3 is 27.5 Å². The first kappa shape index (κ1) is 65.9. The molecule has 0 heterocycles. The van der Waals surface area contributed by atoms with E-state index in [0.29, 0.717) is 51.4 Å². The minimum atomic E-state index is -2.54. The Balaban J connectivity index is 0.000000226. The molecule has 8 aromatic rings. The fourth-order valence-corrected chi connectivity index (χ4v) is 20.6. The zero-order chi connectivity index (χ0) is 56.8. The number of halogens is 10. The quantitative estimate of drug-likeness (QED) is 0.0316. The topological polar surface area (TPSA) is 23.1 Å². The van der Waals surface area contributed by atoms with Gasteiger partial charge in [0.15, 0.2) is 58.2 Å².